The summed E-state index contributed by atoms with van der Waals surface area (Å²) in [5, 5.41) is 4.36. The molecule has 1 heterocycles. The van der Waals surface area contributed by atoms with Crippen molar-refractivity contribution in [3.8, 4) is 0 Å². The topological polar surface area (TPSA) is 12.0 Å². The summed E-state index contributed by atoms with van der Waals surface area (Å²) in [5.74, 6) is 1.31. The predicted octanol–water partition coefficient (Wildman–Crippen LogP) is 3.83. The second-order valence-electron chi connectivity index (χ2n) is 4.81. The maximum atomic E-state index is 3.61. The molecule has 18 heavy (non-hydrogen) atoms. The maximum absolute atomic E-state index is 3.61. The Morgan fingerprint density at radius 2 is 2.17 bits per heavy atom. The van der Waals surface area contributed by atoms with Crippen LogP contribution in [0.25, 0.3) is 0 Å². The summed E-state index contributed by atoms with van der Waals surface area (Å²) < 4.78 is 0. The summed E-state index contributed by atoms with van der Waals surface area (Å²) in [6.45, 7) is 2.34. The van der Waals surface area contributed by atoms with Gasteiger partial charge in [-0.3, -0.25) is 0 Å². The summed E-state index contributed by atoms with van der Waals surface area (Å²) >= 11 is 4.00. The number of rotatable bonds is 8. The SMILES string of the molecule is CSCCCCCNCC1Cc2ccccc2S1. The van der Waals surface area contributed by atoms with Crippen LogP contribution < -0.4 is 5.32 Å². The first-order valence-corrected chi connectivity index (χ1v) is 9.11. The quantitative estimate of drug-likeness (QED) is 0.727. The highest BCUT2D eigenvalue weighted by Gasteiger charge is 2.20. The fourth-order valence-electron chi connectivity index (χ4n) is 2.30. The van der Waals surface area contributed by atoms with Gasteiger partial charge in [-0.25, -0.2) is 0 Å². The zero-order chi connectivity index (χ0) is 12.6. The average molecular weight is 281 g/mol. The number of fused-ring (bicyclic) bond motifs is 1. The average Bonchev–Trinajstić information content (AvgIpc) is 2.80. The van der Waals surface area contributed by atoms with E-state index in [0.29, 0.717) is 0 Å². The van der Waals surface area contributed by atoms with E-state index in [1.165, 1.54) is 48.4 Å². The number of benzene rings is 1. The molecule has 2 rings (SSSR count). The van der Waals surface area contributed by atoms with Gasteiger partial charge in [-0.15, -0.1) is 11.8 Å². The minimum absolute atomic E-state index is 0.744. The molecule has 1 aromatic rings. The smallest absolute Gasteiger partial charge is 0.0260 e. The van der Waals surface area contributed by atoms with E-state index in [2.05, 4.69) is 35.8 Å². The summed E-state index contributed by atoms with van der Waals surface area (Å²) in [7, 11) is 0. The molecular formula is C15H23NS2. The third kappa shape index (κ3) is 4.52. The minimum atomic E-state index is 0.744. The molecule has 0 saturated carbocycles. The molecule has 0 saturated heterocycles. The van der Waals surface area contributed by atoms with Crippen LogP contribution in [0.4, 0.5) is 0 Å². The molecule has 0 spiro atoms. The van der Waals surface area contributed by atoms with Gasteiger partial charge in [0, 0.05) is 16.7 Å². The van der Waals surface area contributed by atoms with Crippen molar-refractivity contribution in [3.63, 3.8) is 0 Å². The lowest BCUT2D eigenvalue weighted by Gasteiger charge is -2.09. The third-order valence-corrected chi connectivity index (χ3v) is 5.30. The molecule has 1 N–H and O–H groups in total. The minimum Gasteiger partial charge on any atom is -0.316 e. The molecule has 1 atom stereocenters. The van der Waals surface area contributed by atoms with Gasteiger partial charge in [0.2, 0.25) is 0 Å². The first-order chi connectivity index (χ1) is 8.90. The molecule has 0 bridgehead atoms. The second kappa shape index (κ2) is 8.13. The summed E-state index contributed by atoms with van der Waals surface area (Å²) in [6, 6.07) is 8.82. The molecule has 0 aromatic heterocycles. The van der Waals surface area contributed by atoms with Crippen LogP contribution >= 0.6 is 23.5 Å². The molecular weight excluding hydrogens is 258 g/mol. The highest BCUT2D eigenvalue weighted by Crippen LogP contribution is 2.36. The number of thioether (sulfide) groups is 2. The Bertz CT molecular complexity index is 329. The lowest BCUT2D eigenvalue weighted by atomic mass is 10.1. The number of nitrogens with one attached hydrogen (secondary N) is 1. The normalized spacial score (nSPS) is 17.9. The van der Waals surface area contributed by atoms with Gasteiger partial charge in [0.1, 0.15) is 0 Å². The molecule has 1 unspecified atom stereocenters. The molecule has 0 aliphatic carbocycles. The zero-order valence-electron chi connectivity index (χ0n) is 11.2. The predicted molar refractivity (Wildman–Crippen MR) is 84.9 cm³/mol. The van der Waals surface area contributed by atoms with Crippen molar-refractivity contribution in [1.29, 1.82) is 0 Å². The van der Waals surface area contributed by atoms with Crippen LogP contribution in [-0.2, 0) is 6.42 Å². The molecule has 1 aromatic carbocycles. The molecule has 1 aliphatic heterocycles. The van der Waals surface area contributed by atoms with Crippen molar-refractivity contribution in [2.45, 2.75) is 35.8 Å². The van der Waals surface area contributed by atoms with E-state index in [1.807, 2.05) is 23.5 Å². The van der Waals surface area contributed by atoms with Crippen molar-refractivity contribution >= 4 is 23.5 Å². The Morgan fingerprint density at radius 1 is 1.28 bits per heavy atom. The van der Waals surface area contributed by atoms with Crippen molar-refractivity contribution in [1.82, 2.24) is 5.32 Å². The Balaban J connectivity index is 1.54. The van der Waals surface area contributed by atoms with Gasteiger partial charge >= 0.3 is 0 Å². The number of hydrogen-bond donors (Lipinski definition) is 1. The number of hydrogen-bond acceptors (Lipinski definition) is 3. The van der Waals surface area contributed by atoms with Crippen molar-refractivity contribution in [2.24, 2.45) is 0 Å². The van der Waals surface area contributed by atoms with Crippen LogP contribution in [0.5, 0.6) is 0 Å². The van der Waals surface area contributed by atoms with Crippen LogP contribution in [0.2, 0.25) is 0 Å². The van der Waals surface area contributed by atoms with Gasteiger partial charge in [-0.2, -0.15) is 11.8 Å². The van der Waals surface area contributed by atoms with Crippen molar-refractivity contribution < 1.29 is 0 Å². The fraction of sp³-hybridized carbons (Fsp3) is 0.600. The van der Waals surface area contributed by atoms with Gasteiger partial charge < -0.3 is 5.32 Å². The van der Waals surface area contributed by atoms with E-state index in [4.69, 9.17) is 0 Å². The lowest BCUT2D eigenvalue weighted by Crippen LogP contribution is -2.25. The first-order valence-electron chi connectivity index (χ1n) is 6.84. The van der Waals surface area contributed by atoms with E-state index in [0.717, 1.165) is 11.8 Å². The fourth-order valence-corrected chi connectivity index (χ4v) is 4.08. The van der Waals surface area contributed by atoms with Crippen LogP contribution in [0.1, 0.15) is 24.8 Å². The lowest BCUT2D eigenvalue weighted by molar-refractivity contribution is 0.609. The monoisotopic (exact) mass is 281 g/mol. The van der Waals surface area contributed by atoms with Gasteiger partial charge in [0.25, 0.3) is 0 Å². The first kappa shape index (κ1) is 14.3. The second-order valence-corrected chi connectivity index (χ2v) is 7.14. The van der Waals surface area contributed by atoms with E-state index in [9.17, 15) is 0 Å². The van der Waals surface area contributed by atoms with Gasteiger partial charge in [-0.05, 0) is 49.4 Å². The molecule has 0 fully saturated rings. The van der Waals surface area contributed by atoms with E-state index in [-0.39, 0.29) is 0 Å². The Kier molecular flexibility index (Phi) is 6.46. The van der Waals surface area contributed by atoms with Crippen LogP contribution in [0.15, 0.2) is 29.2 Å². The molecule has 0 amide bonds. The van der Waals surface area contributed by atoms with Gasteiger partial charge in [0.15, 0.2) is 0 Å². The molecule has 0 radical (unpaired) electrons. The molecule has 1 aliphatic rings. The Hall–Kier alpha value is -0.120. The standard InChI is InChI=1S/C15H23NS2/c1-17-10-6-2-5-9-16-12-14-11-13-7-3-4-8-15(13)18-14/h3-4,7-8,14,16H,2,5-6,9-12H2,1H3. The van der Waals surface area contributed by atoms with Crippen LogP contribution in [0, 0.1) is 0 Å². The summed E-state index contributed by atoms with van der Waals surface area (Å²) in [4.78, 5) is 1.49. The number of unbranched alkanes of at least 4 members (excludes halogenated alkanes) is 2. The van der Waals surface area contributed by atoms with E-state index in [1.54, 1.807) is 0 Å². The Morgan fingerprint density at radius 3 is 3.00 bits per heavy atom. The highest BCUT2D eigenvalue weighted by molar-refractivity contribution is 8.00. The van der Waals surface area contributed by atoms with Gasteiger partial charge in [-0.1, -0.05) is 24.6 Å². The highest BCUT2D eigenvalue weighted by atomic mass is 32.2. The van der Waals surface area contributed by atoms with Gasteiger partial charge in [0.05, 0.1) is 0 Å². The molecule has 1 nitrogen and oxygen atoms in total. The van der Waals surface area contributed by atoms with Crippen LogP contribution in [0.3, 0.4) is 0 Å². The molecule has 100 valence electrons. The van der Waals surface area contributed by atoms with Crippen molar-refractivity contribution in [3.05, 3.63) is 29.8 Å². The Labute approximate surface area is 120 Å². The third-order valence-electron chi connectivity index (χ3n) is 3.29. The maximum Gasteiger partial charge on any atom is 0.0260 e. The van der Waals surface area contributed by atoms with E-state index < -0.39 is 0 Å². The zero-order valence-corrected chi connectivity index (χ0v) is 12.8. The summed E-state index contributed by atoms with van der Waals surface area (Å²) in [5.41, 5.74) is 1.54. The van der Waals surface area contributed by atoms with E-state index >= 15 is 0 Å². The van der Waals surface area contributed by atoms with Crippen LogP contribution in [-0.4, -0.2) is 30.3 Å². The summed E-state index contributed by atoms with van der Waals surface area (Å²) in [6.07, 6.45) is 7.48. The van der Waals surface area contributed by atoms with Crippen molar-refractivity contribution in [2.75, 3.05) is 25.1 Å². The molecule has 3 heteroatoms. The largest absolute Gasteiger partial charge is 0.316 e.